The Morgan fingerprint density at radius 1 is 1.14 bits per heavy atom. The summed E-state index contributed by atoms with van der Waals surface area (Å²) in [4.78, 5) is 2.10. The van der Waals surface area contributed by atoms with Crippen LogP contribution in [0.2, 0.25) is 0 Å². The van der Waals surface area contributed by atoms with Crippen LogP contribution in [0.3, 0.4) is 0 Å². The van der Waals surface area contributed by atoms with Crippen molar-refractivity contribution in [1.82, 2.24) is 10.2 Å². The van der Waals surface area contributed by atoms with E-state index in [1.165, 1.54) is 12.1 Å². The van der Waals surface area contributed by atoms with Crippen molar-refractivity contribution in [1.29, 1.82) is 0 Å². The highest BCUT2D eigenvalue weighted by molar-refractivity contribution is 5.85. The van der Waals surface area contributed by atoms with Crippen LogP contribution in [-0.2, 0) is 0 Å². The van der Waals surface area contributed by atoms with Gasteiger partial charge in [0, 0.05) is 31.7 Å². The van der Waals surface area contributed by atoms with Gasteiger partial charge >= 0.3 is 0 Å². The molecule has 0 radical (unpaired) electrons. The van der Waals surface area contributed by atoms with Crippen molar-refractivity contribution < 1.29 is 13.2 Å². The second-order valence-electron chi connectivity index (χ2n) is 4.87. The molecule has 1 atom stereocenters. The largest absolute Gasteiger partial charge is 0.467 e. The highest BCUT2D eigenvalue weighted by atomic mass is 35.5. The van der Waals surface area contributed by atoms with Gasteiger partial charge in [0.1, 0.15) is 17.4 Å². The second kappa shape index (κ2) is 7.02. The minimum atomic E-state index is -0.437. The zero-order valence-corrected chi connectivity index (χ0v) is 12.2. The van der Waals surface area contributed by atoms with E-state index >= 15 is 0 Å². The lowest BCUT2D eigenvalue weighted by atomic mass is 10.0. The summed E-state index contributed by atoms with van der Waals surface area (Å²) >= 11 is 0. The summed E-state index contributed by atoms with van der Waals surface area (Å²) < 4.78 is 33.1. The highest BCUT2D eigenvalue weighted by Crippen LogP contribution is 2.31. The van der Waals surface area contributed by atoms with Gasteiger partial charge in [-0.3, -0.25) is 4.90 Å². The number of piperazine rings is 1. The van der Waals surface area contributed by atoms with Gasteiger partial charge in [0.05, 0.1) is 12.3 Å². The molecule has 0 spiro atoms. The van der Waals surface area contributed by atoms with E-state index in [1.54, 1.807) is 18.4 Å². The Hall–Kier alpha value is -1.43. The molecule has 21 heavy (non-hydrogen) atoms. The molecular weight excluding hydrogens is 298 g/mol. The summed E-state index contributed by atoms with van der Waals surface area (Å²) in [5.41, 5.74) is 0.321. The molecule has 1 N–H and O–H groups in total. The zero-order valence-electron chi connectivity index (χ0n) is 11.4. The number of hydrogen-bond donors (Lipinski definition) is 1. The van der Waals surface area contributed by atoms with E-state index in [2.05, 4.69) is 10.2 Å². The lowest BCUT2D eigenvalue weighted by Crippen LogP contribution is -2.45. The van der Waals surface area contributed by atoms with E-state index in [-0.39, 0.29) is 18.4 Å². The molecule has 1 aromatic carbocycles. The maximum absolute atomic E-state index is 14.1. The van der Waals surface area contributed by atoms with Crippen LogP contribution in [0.1, 0.15) is 17.4 Å². The fraction of sp³-hybridized carbons (Fsp3) is 0.333. The Morgan fingerprint density at radius 2 is 1.90 bits per heavy atom. The molecular formula is C15H17ClF2N2O. The summed E-state index contributed by atoms with van der Waals surface area (Å²) in [6.07, 6.45) is 1.56. The Kier molecular flexibility index (Phi) is 5.33. The fourth-order valence-corrected chi connectivity index (χ4v) is 2.64. The molecule has 0 unspecified atom stereocenters. The van der Waals surface area contributed by atoms with Crippen molar-refractivity contribution in [2.75, 3.05) is 26.2 Å². The maximum Gasteiger partial charge on any atom is 0.128 e. The van der Waals surface area contributed by atoms with Gasteiger partial charge in [-0.15, -0.1) is 12.4 Å². The van der Waals surface area contributed by atoms with Crippen LogP contribution in [0.5, 0.6) is 0 Å². The van der Waals surface area contributed by atoms with E-state index in [0.29, 0.717) is 11.3 Å². The average Bonchev–Trinajstić information content (AvgIpc) is 2.98. The number of benzene rings is 1. The van der Waals surface area contributed by atoms with Crippen LogP contribution in [0, 0.1) is 11.6 Å². The van der Waals surface area contributed by atoms with Crippen molar-refractivity contribution >= 4 is 12.4 Å². The molecule has 1 saturated heterocycles. The Bertz CT molecular complexity index is 571. The predicted molar refractivity (Wildman–Crippen MR) is 78.6 cm³/mol. The lowest BCUT2D eigenvalue weighted by Gasteiger charge is -2.34. The quantitative estimate of drug-likeness (QED) is 0.944. The topological polar surface area (TPSA) is 28.4 Å². The molecule has 1 aromatic heterocycles. The minimum absolute atomic E-state index is 0. The van der Waals surface area contributed by atoms with Crippen LogP contribution < -0.4 is 5.32 Å². The Labute approximate surface area is 128 Å². The molecule has 2 heterocycles. The van der Waals surface area contributed by atoms with Crippen molar-refractivity contribution in [3.63, 3.8) is 0 Å². The first kappa shape index (κ1) is 15.9. The van der Waals surface area contributed by atoms with Gasteiger partial charge in [0.15, 0.2) is 0 Å². The second-order valence-corrected chi connectivity index (χ2v) is 4.87. The third-order valence-electron chi connectivity index (χ3n) is 3.58. The molecule has 114 valence electrons. The van der Waals surface area contributed by atoms with E-state index in [9.17, 15) is 8.78 Å². The number of hydrogen-bond acceptors (Lipinski definition) is 3. The molecule has 0 amide bonds. The number of nitrogens with zero attached hydrogens (tertiary/aromatic N) is 1. The SMILES string of the molecule is Cl.Fc1ccc(F)c([C@H](c2ccco2)N2CCNCC2)c1. The first-order chi connectivity index (χ1) is 9.75. The third kappa shape index (κ3) is 3.43. The molecule has 1 aliphatic rings. The molecule has 1 aliphatic heterocycles. The zero-order chi connectivity index (χ0) is 13.9. The third-order valence-corrected chi connectivity index (χ3v) is 3.58. The fourth-order valence-electron chi connectivity index (χ4n) is 2.64. The molecule has 0 aliphatic carbocycles. The van der Waals surface area contributed by atoms with Crippen LogP contribution in [-0.4, -0.2) is 31.1 Å². The summed E-state index contributed by atoms with van der Waals surface area (Å²) in [5.74, 6) is -0.212. The molecule has 0 saturated carbocycles. The van der Waals surface area contributed by atoms with Crippen molar-refractivity contribution in [2.24, 2.45) is 0 Å². The monoisotopic (exact) mass is 314 g/mol. The minimum Gasteiger partial charge on any atom is -0.467 e. The first-order valence-electron chi connectivity index (χ1n) is 6.69. The summed E-state index contributed by atoms with van der Waals surface area (Å²) in [5, 5.41) is 3.25. The van der Waals surface area contributed by atoms with Gasteiger partial charge < -0.3 is 9.73 Å². The standard InChI is InChI=1S/C15H16F2N2O.ClH/c16-11-3-4-13(17)12(10-11)15(14-2-1-9-20-14)19-7-5-18-6-8-19;/h1-4,9-10,15,18H,5-8H2;1H/t15-;/m1./s1. The van der Waals surface area contributed by atoms with Gasteiger partial charge in [-0.05, 0) is 30.3 Å². The predicted octanol–water partition coefficient (Wildman–Crippen LogP) is 2.97. The molecule has 3 nitrogen and oxygen atoms in total. The molecule has 1 fully saturated rings. The van der Waals surface area contributed by atoms with Crippen LogP contribution >= 0.6 is 12.4 Å². The Morgan fingerprint density at radius 3 is 2.57 bits per heavy atom. The van der Waals surface area contributed by atoms with Crippen LogP contribution in [0.25, 0.3) is 0 Å². The number of nitrogens with one attached hydrogen (secondary N) is 1. The van der Waals surface area contributed by atoms with Gasteiger partial charge in [0.2, 0.25) is 0 Å². The lowest BCUT2D eigenvalue weighted by molar-refractivity contribution is 0.177. The normalized spacial score (nSPS) is 17.2. The molecule has 2 aromatic rings. The molecule has 0 bridgehead atoms. The van der Waals surface area contributed by atoms with E-state index in [0.717, 1.165) is 32.2 Å². The van der Waals surface area contributed by atoms with E-state index in [4.69, 9.17) is 4.42 Å². The summed E-state index contributed by atoms with van der Waals surface area (Å²) in [6.45, 7) is 3.19. The highest BCUT2D eigenvalue weighted by Gasteiger charge is 2.28. The average molecular weight is 315 g/mol. The van der Waals surface area contributed by atoms with Gasteiger partial charge in [-0.1, -0.05) is 0 Å². The first-order valence-corrected chi connectivity index (χ1v) is 6.69. The van der Waals surface area contributed by atoms with Gasteiger partial charge in [-0.2, -0.15) is 0 Å². The van der Waals surface area contributed by atoms with Gasteiger partial charge in [0.25, 0.3) is 0 Å². The molecule has 3 rings (SSSR count). The van der Waals surface area contributed by atoms with Crippen LogP contribution in [0.15, 0.2) is 41.0 Å². The van der Waals surface area contributed by atoms with E-state index in [1.807, 2.05) is 0 Å². The van der Waals surface area contributed by atoms with Crippen molar-refractivity contribution in [3.05, 3.63) is 59.6 Å². The molecule has 6 heteroatoms. The Balaban J connectivity index is 0.00000161. The summed E-state index contributed by atoms with van der Waals surface area (Å²) in [6, 6.07) is 6.74. The van der Waals surface area contributed by atoms with Gasteiger partial charge in [-0.25, -0.2) is 8.78 Å². The van der Waals surface area contributed by atoms with E-state index < -0.39 is 11.6 Å². The number of rotatable bonds is 3. The van der Waals surface area contributed by atoms with Crippen LogP contribution in [0.4, 0.5) is 8.78 Å². The van der Waals surface area contributed by atoms with Crippen molar-refractivity contribution in [3.8, 4) is 0 Å². The number of halogens is 3. The smallest absolute Gasteiger partial charge is 0.128 e. The summed E-state index contributed by atoms with van der Waals surface area (Å²) in [7, 11) is 0. The van der Waals surface area contributed by atoms with Crippen molar-refractivity contribution in [2.45, 2.75) is 6.04 Å². The number of furan rings is 1. The maximum atomic E-state index is 14.1.